The number of nitrogens with one attached hydrogen (secondary N) is 1. The molecular weight excluding hydrogens is 348 g/mol. The van der Waals surface area contributed by atoms with E-state index >= 15 is 0 Å². The molecule has 0 saturated carbocycles. The lowest BCUT2D eigenvalue weighted by Gasteiger charge is -2.20. The summed E-state index contributed by atoms with van der Waals surface area (Å²) in [6, 6.07) is 15.2. The molecule has 1 aliphatic rings. The minimum atomic E-state index is -0.112. The normalized spacial score (nSPS) is 11.9. The largest absolute Gasteiger partial charge is 0.488 e. The highest BCUT2D eigenvalue weighted by atomic mass is 35.5. The fourth-order valence-corrected chi connectivity index (χ4v) is 3.29. The molecule has 1 aliphatic heterocycles. The minimum Gasteiger partial charge on any atom is -0.488 e. The molecule has 0 atom stereocenters. The molecule has 4 rings (SSSR count). The molecule has 0 fully saturated rings. The van der Waals surface area contributed by atoms with Gasteiger partial charge in [0, 0.05) is 40.7 Å². The Morgan fingerprint density at radius 2 is 2.08 bits per heavy atom. The number of rotatable bonds is 4. The number of aromatic nitrogens is 1. The molecule has 0 aliphatic carbocycles. The maximum Gasteiger partial charge on any atom is 0.251 e. The molecule has 1 N–H and O–H groups in total. The number of hydrogen-bond donors (Lipinski definition) is 1. The van der Waals surface area contributed by atoms with Crippen LogP contribution in [0.1, 0.15) is 21.5 Å². The molecule has 4 nitrogen and oxygen atoms in total. The van der Waals surface area contributed by atoms with Gasteiger partial charge in [0.25, 0.3) is 5.91 Å². The second-order valence-electron chi connectivity index (χ2n) is 6.17. The van der Waals surface area contributed by atoms with Crippen LogP contribution in [-0.4, -0.2) is 17.4 Å². The van der Waals surface area contributed by atoms with E-state index in [9.17, 15) is 4.79 Å². The summed E-state index contributed by atoms with van der Waals surface area (Å²) in [4.78, 5) is 16.6. The van der Waals surface area contributed by atoms with Gasteiger partial charge in [0.1, 0.15) is 12.4 Å². The molecule has 1 aromatic heterocycles. The van der Waals surface area contributed by atoms with Crippen molar-refractivity contribution in [2.75, 3.05) is 6.54 Å². The molecular formula is C21H17ClN2O2. The first-order valence-corrected chi connectivity index (χ1v) is 8.81. The van der Waals surface area contributed by atoms with Crippen LogP contribution in [0.15, 0.2) is 60.9 Å². The van der Waals surface area contributed by atoms with E-state index in [-0.39, 0.29) is 5.91 Å². The van der Waals surface area contributed by atoms with E-state index in [1.54, 1.807) is 12.3 Å². The third kappa shape index (κ3) is 3.41. The van der Waals surface area contributed by atoms with E-state index in [1.807, 2.05) is 48.7 Å². The van der Waals surface area contributed by atoms with E-state index in [2.05, 4.69) is 10.3 Å². The van der Waals surface area contributed by atoms with Crippen molar-refractivity contribution in [1.82, 2.24) is 10.3 Å². The van der Waals surface area contributed by atoms with Crippen LogP contribution in [0.3, 0.4) is 0 Å². The van der Waals surface area contributed by atoms with E-state index in [1.165, 1.54) is 0 Å². The Kier molecular flexibility index (Phi) is 4.59. The number of fused-ring (bicyclic) bond motifs is 3. The maximum atomic E-state index is 12.4. The summed E-state index contributed by atoms with van der Waals surface area (Å²) in [7, 11) is 0. The van der Waals surface area contributed by atoms with Crippen LogP contribution in [0.5, 0.6) is 5.75 Å². The zero-order chi connectivity index (χ0) is 17.9. The van der Waals surface area contributed by atoms with E-state index in [0.717, 1.165) is 34.4 Å². The second kappa shape index (κ2) is 7.18. The highest BCUT2D eigenvalue weighted by molar-refractivity contribution is 6.30. The van der Waals surface area contributed by atoms with Gasteiger partial charge in [-0.2, -0.15) is 0 Å². The van der Waals surface area contributed by atoms with Crippen molar-refractivity contribution in [3.05, 3.63) is 82.6 Å². The summed E-state index contributed by atoms with van der Waals surface area (Å²) in [6.45, 7) is 1.02. The van der Waals surface area contributed by atoms with E-state index in [4.69, 9.17) is 16.3 Å². The number of halogens is 1. The van der Waals surface area contributed by atoms with Gasteiger partial charge in [-0.3, -0.25) is 9.78 Å². The predicted octanol–water partition coefficient (Wildman–Crippen LogP) is 4.27. The highest BCUT2D eigenvalue weighted by Crippen LogP contribution is 2.37. The first-order chi connectivity index (χ1) is 12.7. The molecule has 0 saturated heterocycles. The maximum absolute atomic E-state index is 12.4. The molecule has 0 unspecified atom stereocenters. The van der Waals surface area contributed by atoms with Crippen molar-refractivity contribution in [3.8, 4) is 16.9 Å². The Labute approximate surface area is 156 Å². The van der Waals surface area contributed by atoms with Gasteiger partial charge >= 0.3 is 0 Å². The summed E-state index contributed by atoms with van der Waals surface area (Å²) in [5.41, 5.74) is 4.83. The summed E-state index contributed by atoms with van der Waals surface area (Å²) >= 11 is 5.98. The van der Waals surface area contributed by atoms with Crippen LogP contribution >= 0.6 is 11.6 Å². The van der Waals surface area contributed by atoms with Gasteiger partial charge in [-0.1, -0.05) is 23.7 Å². The van der Waals surface area contributed by atoms with Crippen LogP contribution in [0.2, 0.25) is 5.02 Å². The number of nitrogens with zero attached hydrogens (tertiary/aromatic N) is 1. The van der Waals surface area contributed by atoms with Crippen LogP contribution in [0.4, 0.5) is 0 Å². The van der Waals surface area contributed by atoms with E-state index < -0.39 is 0 Å². The highest BCUT2D eigenvalue weighted by Gasteiger charge is 2.18. The third-order valence-corrected chi connectivity index (χ3v) is 4.64. The number of pyridine rings is 1. The average molecular weight is 365 g/mol. The van der Waals surface area contributed by atoms with E-state index in [0.29, 0.717) is 23.7 Å². The molecule has 0 radical (unpaired) electrons. The zero-order valence-corrected chi connectivity index (χ0v) is 14.8. The fourth-order valence-electron chi connectivity index (χ4n) is 3.08. The zero-order valence-electron chi connectivity index (χ0n) is 14.0. The third-order valence-electron chi connectivity index (χ3n) is 4.41. The predicted molar refractivity (Wildman–Crippen MR) is 101 cm³/mol. The molecule has 3 aromatic rings. The van der Waals surface area contributed by atoms with Crippen molar-refractivity contribution >= 4 is 17.5 Å². The summed E-state index contributed by atoms with van der Waals surface area (Å²) in [5.74, 6) is 0.616. The molecule has 2 heterocycles. The molecule has 130 valence electrons. The average Bonchev–Trinajstić information content (AvgIpc) is 2.67. The van der Waals surface area contributed by atoms with Crippen LogP contribution < -0.4 is 10.1 Å². The standard InChI is InChI=1S/C21H17ClN2O2/c22-17-3-1-2-14(10-17)6-9-24-21(25)15-4-5-19-18-7-8-23-12-16(18)13-26-20(19)11-15/h1-5,7-8,10-12H,6,9,13H2,(H,24,25). The fraction of sp³-hybridized carbons (Fsp3) is 0.143. The summed E-state index contributed by atoms with van der Waals surface area (Å²) in [6.07, 6.45) is 4.31. The van der Waals surface area contributed by atoms with Gasteiger partial charge in [-0.05, 0) is 53.9 Å². The van der Waals surface area contributed by atoms with Gasteiger partial charge in [-0.15, -0.1) is 0 Å². The molecule has 1 amide bonds. The molecule has 0 bridgehead atoms. The van der Waals surface area contributed by atoms with Gasteiger partial charge in [0.05, 0.1) is 0 Å². The van der Waals surface area contributed by atoms with Gasteiger partial charge in [-0.25, -0.2) is 0 Å². The molecule has 0 spiro atoms. The van der Waals surface area contributed by atoms with Crippen molar-refractivity contribution in [2.24, 2.45) is 0 Å². The van der Waals surface area contributed by atoms with Crippen molar-refractivity contribution in [2.45, 2.75) is 13.0 Å². The topological polar surface area (TPSA) is 51.2 Å². The SMILES string of the molecule is O=C(NCCc1cccc(Cl)c1)c1ccc2c(c1)OCc1cnccc1-2. The Balaban J connectivity index is 1.45. The Morgan fingerprint density at radius 1 is 1.15 bits per heavy atom. The van der Waals surface area contributed by atoms with Crippen molar-refractivity contribution < 1.29 is 9.53 Å². The Hall–Kier alpha value is -2.85. The first-order valence-electron chi connectivity index (χ1n) is 8.43. The van der Waals surface area contributed by atoms with Crippen LogP contribution in [-0.2, 0) is 13.0 Å². The molecule has 26 heavy (non-hydrogen) atoms. The summed E-state index contributed by atoms with van der Waals surface area (Å²) < 4.78 is 5.79. The Morgan fingerprint density at radius 3 is 2.96 bits per heavy atom. The number of ether oxygens (including phenoxy) is 1. The summed E-state index contributed by atoms with van der Waals surface area (Å²) in [5, 5.41) is 3.65. The lowest BCUT2D eigenvalue weighted by molar-refractivity contribution is 0.0953. The quantitative estimate of drug-likeness (QED) is 0.752. The second-order valence-corrected chi connectivity index (χ2v) is 6.60. The Bertz CT molecular complexity index is 972. The van der Waals surface area contributed by atoms with Crippen molar-refractivity contribution in [1.29, 1.82) is 0 Å². The minimum absolute atomic E-state index is 0.112. The van der Waals surface area contributed by atoms with Crippen LogP contribution in [0, 0.1) is 0 Å². The number of carbonyl (C=O) groups is 1. The van der Waals surface area contributed by atoms with Crippen LogP contribution in [0.25, 0.3) is 11.1 Å². The van der Waals surface area contributed by atoms with Gasteiger partial charge in [0.15, 0.2) is 0 Å². The number of carbonyl (C=O) groups excluding carboxylic acids is 1. The number of benzene rings is 2. The monoisotopic (exact) mass is 364 g/mol. The lowest BCUT2D eigenvalue weighted by Crippen LogP contribution is -2.25. The smallest absolute Gasteiger partial charge is 0.251 e. The van der Waals surface area contributed by atoms with Gasteiger partial charge in [0.2, 0.25) is 0 Å². The number of hydrogen-bond acceptors (Lipinski definition) is 3. The lowest BCUT2D eigenvalue weighted by atomic mass is 9.97. The van der Waals surface area contributed by atoms with Crippen molar-refractivity contribution in [3.63, 3.8) is 0 Å². The molecule has 5 heteroatoms. The first kappa shape index (κ1) is 16.6. The molecule has 2 aromatic carbocycles. The van der Waals surface area contributed by atoms with Gasteiger partial charge < -0.3 is 10.1 Å². The number of amides is 1.